The summed E-state index contributed by atoms with van der Waals surface area (Å²) in [6, 6.07) is 16.0. The predicted molar refractivity (Wildman–Crippen MR) is 110 cm³/mol. The molecule has 2 atom stereocenters. The van der Waals surface area contributed by atoms with Crippen molar-refractivity contribution in [3.05, 3.63) is 71.8 Å². The summed E-state index contributed by atoms with van der Waals surface area (Å²) in [4.78, 5) is 48.0. The molecule has 0 spiro atoms. The van der Waals surface area contributed by atoms with Gasteiger partial charge in [-0.15, -0.1) is 0 Å². The molecule has 8 nitrogen and oxygen atoms in total. The number of ether oxygens (including phenoxy) is 1. The van der Waals surface area contributed by atoms with Crippen LogP contribution in [0.1, 0.15) is 24.5 Å². The van der Waals surface area contributed by atoms with E-state index in [1.807, 2.05) is 48.5 Å². The van der Waals surface area contributed by atoms with Crippen molar-refractivity contribution in [1.29, 1.82) is 0 Å². The molecule has 0 fully saturated rings. The topological polar surface area (TPSA) is 128 Å². The summed E-state index contributed by atoms with van der Waals surface area (Å²) < 4.78 is 5.14. The van der Waals surface area contributed by atoms with Gasteiger partial charge in [0, 0.05) is 13.3 Å². The molecular formula is C22H25N3O5. The molecule has 0 bridgehead atoms. The average molecular weight is 411 g/mol. The van der Waals surface area contributed by atoms with Gasteiger partial charge in [-0.1, -0.05) is 60.7 Å². The zero-order valence-electron chi connectivity index (χ0n) is 16.7. The van der Waals surface area contributed by atoms with Crippen LogP contribution in [0.25, 0.3) is 0 Å². The van der Waals surface area contributed by atoms with Gasteiger partial charge in [0.25, 0.3) is 0 Å². The number of nitrogens with one attached hydrogen (secondary N) is 2. The SMILES string of the molecule is CC(=O)N[C@@H](Cc1ccccc1)C(=O)N[C@@H](CC(=O)OCc1ccccc1)C(N)=O. The summed E-state index contributed by atoms with van der Waals surface area (Å²) >= 11 is 0. The third kappa shape index (κ3) is 7.75. The smallest absolute Gasteiger partial charge is 0.308 e. The predicted octanol–water partition coefficient (Wildman–Crippen LogP) is 0.837. The molecule has 0 aliphatic carbocycles. The Balaban J connectivity index is 1.98. The molecule has 2 rings (SSSR count). The second-order valence-electron chi connectivity index (χ2n) is 6.76. The van der Waals surface area contributed by atoms with Gasteiger partial charge in [-0.2, -0.15) is 0 Å². The van der Waals surface area contributed by atoms with Gasteiger partial charge in [-0.3, -0.25) is 19.2 Å². The Morgan fingerprint density at radius 1 is 0.867 bits per heavy atom. The van der Waals surface area contributed by atoms with Crippen molar-refractivity contribution in [2.24, 2.45) is 5.73 Å². The lowest BCUT2D eigenvalue weighted by atomic mass is 10.0. The van der Waals surface area contributed by atoms with Crippen LogP contribution in [-0.2, 0) is 36.9 Å². The Bertz CT molecular complexity index is 871. The molecule has 0 saturated heterocycles. The highest BCUT2D eigenvalue weighted by atomic mass is 16.5. The van der Waals surface area contributed by atoms with Crippen molar-refractivity contribution in [3.8, 4) is 0 Å². The molecule has 0 aliphatic heterocycles. The van der Waals surface area contributed by atoms with Gasteiger partial charge in [-0.05, 0) is 11.1 Å². The van der Waals surface area contributed by atoms with Crippen LogP contribution in [0, 0.1) is 0 Å². The zero-order valence-corrected chi connectivity index (χ0v) is 16.7. The normalized spacial score (nSPS) is 12.3. The quantitative estimate of drug-likeness (QED) is 0.499. The monoisotopic (exact) mass is 411 g/mol. The van der Waals surface area contributed by atoms with Crippen LogP contribution in [0.15, 0.2) is 60.7 Å². The molecule has 2 aromatic rings. The number of primary amides is 1. The number of carbonyl (C=O) groups excluding carboxylic acids is 4. The fourth-order valence-corrected chi connectivity index (χ4v) is 2.76. The largest absolute Gasteiger partial charge is 0.461 e. The molecule has 8 heteroatoms. The van der Waals surface area contributed by atoms with Gasteiger partial charge in [0.1, 0.15) is 18.7 Å². The minimum Gasteiger partial charge on any atom is -0.461 e. The molecule has 2 aromatic carbocycles. The van der Waals surface area contributed by atoms with Crippen molar-refractivity contribution < 1.29 is 23.9 Å². The maximum Gasteiger partial charge on any atom is 0.308 e. The lowest BCUT2D eigenvalue weighted by molar-refractivity contribution is -0.147. The number of esters is 1. The van der Waals surface area contributed by atoms with Gasteiger partial charge < -0.3 is 21.1 Å². The molecule has 158 valence electrons. The summed E-state index contributed by atoms with van der Waals surface area (Å²) in [6.07, 6.45) is -0.192. The minimum atomic E-state index is -1.26. The van der Waals surface area contributed by atoms with E-state index in [2.05, 4.69) is 10.6 Å². The summed E-state index contributed by atoms with van der Waals surface area (Å²) in [5.41, 5.74) is 6.96. The lowest BCUT2D eigenvalue weighted by Gasteiger charge is -2.21. The Morgan fingerprint density at radius 2 is 1.43 bits per heavy atom. The van der Waals surface area contributed by atoms with E-state index >= 15 is 0 Å². The van der Waals surface area contributed by atoms with Crippen LogP contribution in [-0.4, -0.2) is 35.8 Å². The van der Waals surface area contributed by atoms with Gasteiger partial charge in [0.05, 0.1) is 6.42 Å². The van der Waals surface area contributed by atoms with Crippen LogP contribution >= 0.6 is 0 Å². The van der Waals surface area contributed by atoms with Crippen LogP contribution in [0.3, 0.4) is 0 Å². The van der Waals surface area contributed by atoms with E-state index in [1.165, 1.54) is 6.92 Å². The van der Waals surface area contributed by atoms with E-state index in [0.29, 0.717) is 0 Å². The number of nitrogens with two attached hydrogens (primary N) is 1. The second kappa shape index (κ2) is 11.4. The first-order chi connectivity index (χ1) is 14.3. The fourth-order valence-electron chi connectivity index (χ4n) is 2.76. The molecule has 30 heavy (non-hydrogen) atoms. The van der Waals surface area contributed by atoms with Crippen molar-refractivity contribution in [2.45, 2.75) is 38.5 Å². The zero-order chi connectivity index (χ0) is 21.9. The Labute approximate surface area is 174 Å². The van der Waals surface area contributed by atoms with Crippen molar-refractivity contribution >= 4 is 23.7 Å². The minimum absolute atomic E-state index is 0.0433. The summed E-state index contributed by atoms with van der Waals surface area (Å²) in [7, 11) is 0. The molecule has 0 radical (unpaired) electrons. The van der Waals surface area contributed by atoms with Crippen molar-refractivity contribution in [2.75, 3.05) is 0 Å². The molecule has 3 amide bonds. The standard InChI is InChI=1S/C22H25N3O5/c1-15(26)24-19(12-16-8-4-2-5-9-16)22(29)25-18(21(23)28)13-20(27)30-14-17-10-6-3-7-11-17/h2-11,18-19H,12-14H2,1H3,(H2,23,28)(H,24,26)(H,25,29)/t18-,19-/m0/s1. The molecule has 0 unspecified atom stereocenters. The van der Waals surface area contributed by atoms with E-state index in [1.54, 1.807) is 12.1 Å². The van der Waals surface area contributed by atoms with E-state index < -0.39 is 42.2 Å². The van der Waals surface area contributed by atoms with E-state index in [0.717, 1.165) is 11.1 Å². The van der Waals surface area contributed by atoms with Crippen LogP contribution < -0.4 is 16.4 Å². The number of rotatable bonds is 10. The lowest BCUT2D eigenvalue weighted by Crippen LogP contribution is -2.54. The third-order valence-corrected chi connectivity index (χ3v) is 4.25. The number of benzene rings is 2. The van der Waals surface area contributed by atoms with Crippen molar-refractivity contribution in [1.82, 2.24) is 10.6 Å². The first-order valence-electron chi connectivity index (χ1n) is 9.45. The summed E-state index contributed by atoms with van der Waals surface area (Å²) in [5, 5.41) is 5.00. The highest BCUT2D eigenvalue weighted by molar-refractivity contribution is 5.93. The summed E-state index contributed by atoms with van der Waals surface area (Å²) in [5.74, 6) is -2.57. The van der Waals surface area contributed by atoms with Crippen LogP contribution in [0.2, 0.25) is 0 Å². The second-order valence-corrected chi connectivity index (χ2v) is 6.76. The van der Waals surface area contributed by atoms with Crippen molar-refractivity contribution in [3.63, 3.8) is 0 Å². The highest BCUT2D eigenvalue weighted by Gasteiger charge is 2.27. The average Bonchev–Trinajstić information content (AvgIpc) is 2.72. The van der Waals surface area contributed by atoms with Crippen LogP contribution in [0.5, 0.6) is 0 Å². The maximum absolute atomic E-state index is 12.7. The van der Waals surface area contributed by atoms with Gasteiger partial charge >= 0.3 is 5.97 Å². The number of carbonyl (C=O) groups is 4. The molecule has 0 aliphatic rings. The van der Waals surface area contributed by atoms with Gasteiger partial charge in [0.15, 0.2) is 0 Å². The van der Waals surface area contributed by atoms with E-state index in [9.17, 15) is 19.2 Å². The van der Waals surface area contributed by atoms with E-state index in [4.69, 9.17) is 10.5 Å². The molecule has 4 N–H and O–H groups in total. The highest BCUT2D eigenvalue weighted by Crippen LogP contribution is 2.06. The summed E-state index contributed by atoms with van der Waals surface area (Å²) in [6.45, 7) is 1.33. The first-order valence-corrected chi connectivity index (χ1v) is 9.45. The molecule has 0 heterocycles. The number of hydrogen-bond donors (Lipinski definition) is 3. The third-order valence-electron chi connectivity index (χ3n) is 4.25. The van der Waals surface area contributed by atoms with Gasteiger partial charge in [-0.25, -0.2) is 0 Å². The Kier molecular flexibility index (Phi) is 8.56. The molecule has 0 aromatic heterocycles. The molecule has 0 saturated carbocycles. The Hall–Kier alpha value is -3.68. The maximum atomic E-state index is 12.7. The number of amides is 3. The fraction of sp³-hybridized carbons (Fsp3) is 0.273. The number of hydrogen-bond acceptors (Lipinski definition) is 5. The van der Waals surface area contributed by atoms with Crippen LogP contribution in [0.4, 0.5) is 0 Å². The first kappa shape index (κ1) is 22.6. The van der Waals surface area contributed by atoms with E-state index in [-0.39, 0.29) is 13.0 Å². The Morgan fingerprint density at radius 3 is 1.97 bits per heavy atom. The molecular weight excluding hydrogens is 386 g/mol. The van der Waals surface area contributed by atoms with Gasteiger partial charge in [0.2, 0.25) is 17.7 Å².